The monoisotopic (exact) mass is 261 g/mol. The molecule has 4 nitrogen and oxygen atoms in total. The number of rotatable bonds is 2. The van der Waals surface area contributed by atoms with Gasteiger partial charge in [0.05, 0.1) is 0 Å². The molecule has 2 atom stereocenters. The lowest BCUT2D eigenvalue weighted by atomic mass is 9.79. The van der Waals surface area contributed by atoms with Crippen LogP contribution in [0.5, 0.6) is 0 Å². The van der Waals surface area contributed by atoms with Gasteiger partial charge in [0, 0.05) is 11.2 Å². The van der Waals surface area contributed by atoms with Crippen LogP contribution in [0, 0.1) is 0 Å². The summed E-state index contributed by atoms with van der Waals surface area (Å²) in [7, 11) is 0. The molecular formula is C15H23N3O. The molecule has 2 rings (SSSR count). The number of hydrogen-bond acceptors (Lipinski definition) is 3. The average Bonchev–Trinajstić information content (AvgIpc) is 2.36. The summed E-state index contributed by atoms with van der Waals surface area (Å²) in [5, 5.41) is 0. The molecule has 19 heavy (non-hydrogen) atoms. The van der Waals surface area contributed by atoms with Crippen molar-refractivity contribution in [2.75, 3.05) is 4.90 Å². The van der Waals surface area contributed by atoms with Crippen LogP contribution in [0.2, 0.25) is 0 Å². The van der Waals surface area contributed by atoms with Crippen LogP contribution in [0.15, 0.2) is 24.3 Å². The number of carbonyl (C=O) groups excluding carboxylic acids is 1. The number of carbonyl (C=O) groups is 1. The highest BCUT2D eigenvalue weighted by molar-refractivity contribution is 5.85. The number of benzene rings is 1. The first-order valence-corrected chi connectivity index (χ1v) is 6.77. The number of anilines is 1. The third kappa shape index (κ3) is 2.32. The second kappa shape index (κ2) is 4.85. The average molecular weight is 261 g/mol. The zero-order chi connectivity index (χ0) is 14.2. The van der Waals surface area contributed by atoms with Crippen LogP contribution in [0.3, 0.4) is 0 Å². The standard InChI is InChI=1S/C15H23N3O/c1-10-9-15(3,4)18(11(2)14(19)17-16)13-8-6-5-7-12(10)13/h5-8,10-11H,9,16H2,1-4H3,(H,17,19)/t10-,11+/m0/s1. The molecule has 0 spiro atoms. The zero-order valence-electron chi connectivity index (χ0n) is 12.1. The van der Waals surface area contributed by atoms with Gasteiger partial charge in [-0.05, 0) is 44.7 Å². The summed E-state index contributed by atoms with van der Waals surface area (Å²) in [5.74, 6) is 5.63. The van der Waals surface area contributed by atoms with Crippen molar-refractivity contribution in [3.63, 3.8) is 0 Å². The first kappa shape index (κ1) is 13.9. The van der Waals surface area contributed by atoms with Crippen LogP contribution in [-0.4, -0.2) is 17.5 Å². The molecule has 0 aromatic heterocycles. The zero-order valence-corrected chi connectivity index (χ0v) is 12.1. The summed E-state index contributed by atoms with van der Waals surface area (Å²) in [6, 6.07) is 8.03. The van der Waals surface area contributed by atoms with Crippen LogP contribution < -0.4 is 16.2 Å². The minimum atomic E-state index is -0.284. The molecule has 0 aliphatic carbocycles. The van der Waals surface area contributed by atoms with Gasteiger partial charge in [-0.3, -0.25) is 10.2 Å². The van der Waals surface area contributed by atoms with Crippen molar-refractivity contribution >= 4 is 11.6 Å². The quantitative estimate of drug-likeness (QED) is 0.487. The summed E-state index contributed by atoms with van der Waals surface area (Å²) in [6.07, 6.45) is 1.02. The highest BCUT2D eigenvalue weighted by Gasteiger charge is 2.40. The molecule has 1 aromatic carbocycles. The number of nitrogens with one attached hydrogen (secondary N) is 1. The molecule has 0 radical (unpaired) electrons. The van der Waals surface area contributed by atoms with E-state index in [1.54, 1.807) is 0 Å². The maximum absolute atomic E-state index is 11.9. The third-order valence-electron chi connectivity index (χ3n) is 4.09. The molecule has 0 saturated heterocycles. The second-order valence-corrected chi connectivity index (χ2v) is 6.03. The van der Waals surface area contributed by atoms with Gasteiger partial charge in [-0.25, -0.2) is 5.84 Å². The molecule has 3 N–H and O–H groups in total. The first-order valence-electron chi connectivity index (χ1n) is 6.77. The minimum absolute atomic E-state index is 0.0697. The van der Waals surface area contributed by atoms with E-state index in [2.05, 4.69) is 49.3 Å². The fourth-order valence-electron chi connectivity index (χ4n) is 3.38. The Bertz CT molecular complexity index is 484. The van der Waals surface area contributed by atoms with Gasteiger partial charge in [-0.2, -0.15) is 0 Å². The Balaban J connectivity index is 2.50. The summed E-state index contributed by atoms with van der Waals surface area (Å²) in [4.78, 5) is 14.1. The molecule has 1 aromatic rings. The van der Waals surface area contributed by atoms with Gasteiger partial charge in [0.1, 0.15) is 6.04 Å². The van der Waals surface area contributed by atoms with Crippen molar-refractivity contribution in [3.8, 4) is 0 Å². The maximum Gasteiger partial charge on any atom is 0.256 e. The van der Waals surface area contributed by atoms with E-state index in [4.69, 9.17) is 5.84 Å². The fourth-order valence-corrected chi connectivity index (χ4v) is 3.38. The van der Waals surface area contributed by atoms with Crippen LogP contribution in [-0.2, 0) is 4.79 Å². The van der Waals surface area contributed by atoms with Crippen LogP contribution >= 0.6 is 0 Å². The van der Waals surface area contributed by atoms with E-state index in [1.165, 1.54) is 5.56 Å². The molecule has 0 fully saturated rings. The lowest BCUT2D eigenvalue weighted by Crippen LogP contribution is -2.58. The Labute approximate surface area is 114 Å². The molecule has 1 heterocycles. The Morgan fingerprint density at radius 2 is 2.11 bits per heavy atom. The Morgan fingerprint density at radius 1 is 1.47 bits per heavy atom. The predicted molar refractivity (Wildman–Crippen MR) is 77.8 cm³/mol. The summed E-state index contributed by atoms with van der Waals surface area (Å²) < 4.78 is 0. The van der Waals surface area contributed by atoms with Crippen LogP contribution in [0.1, 0.15) is 45.6 Å². The Kier molecular flexibility index (Phi) is 3.54. The lowest BCUT2D eigenvalue weighted by Gasteiger charge is -2.49. The molecule has 1 amide bonds. The van der Waals surface area contributed by atoms with Gasteiger partial charge in [-0.1, -0.05) is 25.1 Å². The van der Waals surface area contributed by atoms with E-state index in [1.807, 2.05) is 13.0 Å². The van der Waals surface area contributed by atoms with Crippen molar-refractivity contribution in [2.45, 2.75) is 51.6 Å². The maximum atomic E-state index is 11.9. The van der Waals surface area contributed by atoms with Gasteiger partial charge >= 0.3 is 0 Å². The molecule has 0 bridgehead atoms. The summed E-state index contributed by atoms with van der Waals surface area (Å²) in [5.41, 5.74) is 4.64. The van der Waals surface area contributed by atoms with Gasteiger partial charge in [0.2, 0.25) is 0 Å². The van der Waals surface area contributed by atoms with Crippen molar-refractivity contribution in [1.29, 1.82) is 0 Å². The topological polar surface area (TPSA) is 58.4 Å². The molecular weight excluding hydrogens is 238 g/mol. The molecule has 104 valence electrons. The SMILES string of the molecule is C[C@H](C(=O)NN)N1c2ccccc2[C@@H](C)CC1(C)C. The highest BCUT2D eigenvalue weighted by Crippen LogP contribution is 2.44. The summed E-state index contributed by atoms with van der Waals surface area (Å²) in [6.45, 7) is 8.50. The van der Waals surface area contributed by atoms with Crippen molar-refractivity contribution in [2.24, 2.45) is 5.84 Å². The highest BCUT2D eigenvalue weighted by atomic mass is 16.2. The third-order valence-corrected chi connectivity index (χ3v) is 4.09. The van der Waals surface area contributed by atoms with Crippen molar-refractivity contribution < 1.29 is 4.79 Å². The van der Waals surface area contributed by atoms with E-state index in [0.717, 1.165) is 12.1 Å². The molecule has 4 heteroatoms. The Hall–Kier alpha value is -1.55. The van der Waals surface area contributed by atoms with Crippen molar-refractivity contribution in [3.05, 3.63) is 29.8 Å². The number of amides is 1. The van der Waals surface area contributed by atoms with E-state index >= 15 is 0 Å². The lowest BCUT2D eigenvalue weighted by molar-refractivity contribution is -0.122. The van der Waals surface area contributed by atoms with Crippen LogP contribution in [0.4, 0.5) is 5.69 Å². The van der Waals surface area contributed by atoms with Gasteiger partial charge < -0.3 is 4.90 Å². The van der Waals surface area contributed by atoms with Crippen molar-refractivity contribution in [1.82, 2.24) is 5.43 Å². The number of nitrogens with two attached hydrogens (primary N) is 1. The van der Waals surface area contributed by atoms with Gasteiger partial charge in [-0.15, -0.1) is 0 Å². The number of hydrogen-bond donors (Lipinski definition) is 2. The number of para-hydroxylation sites is 1. The minimum Gasteiger partial charge on any atom is -0.354 e. The molecule has 1 aliphatic heterocycles. The number of hydrazine groups is 1. The summed E-state index contributed by atoms with van der Waals surface area (Å²) >= 11 is 0. The second-order valence-electron chi connectivity index (χ2n) is 6.03. The fraction of sp³-hybridized carbons (Fsp3) is 0.533. The Morgan fingerprint density at radius 3 is 2.74 bits per heavy atom. The molecule has 0 saturated carbocycles. The van der Waals surface area contributed by atoms with E-state index in [-0.39, 0.29) is 17.5 Å². The first-order chi connectivity index (χ1) is 8.88. The van der Waals surface area contributed by atoms with Gasteiger partial charge in [0.15, 0.2) is 0 Å². The number of nitrogens with zero attached hydrogens (tertiary/aromatic N) is 1. The predicted octanol–water partition coefficient (Wildman–Crippen LogP) is 2.16. The van der Waals surface area contributed by atoms with E-state index < -0.39 is 0 Å². The van der Waals surface area contributed by atoms with Gasteiger partial charge in [0.25, 0.3) is 5.91 Å². The normalized spacial score (nSPS) is 22.6. The number of fused-ring (bicyclic) bond motifs is 1. The van der Waals surface area contributed by atoms with E-state index in [0.29, 0.717) is 5.92 Å². The van der Waals surface area contributed by atoms with Crippen LogP contribution in [0.25, 0.3) is 0 Å². The molecule has 0 unspecified atom stereocenters. The smallest absolute Gasteiger partial charge is 0.256 e. The molecule has 1 aliphatic rings. The van der Waals surface area contributed by atoms with E-state index in [9.17, 15) is 4.79 Å². The largest absolute Gasteiger partial charge is 0.354 e.